The van der Waals surface area contributed by atoms with E-state index in [1.54, 1.807) is 24.1 Å². The molecule has 0 amide bonds. The molecule has 6 nitrogen and oxygen atoms in total. The highest BCUT2D eigenvalue weighted by molar-refractivity contribution is 6.28. The Morgan fingerprint density at radius 1 is 1.18 bits per heavy atom. The molecule has 0 radical (unpaired) electrons. The summed E-state index contributed by atoms with van der Waals surface area (Å²) >= 11 is 5.78. The average Bonchev–Trinajstić information content (AvgIpc) is 2.88. The van der Waals surface area contributed by atoms with Crippen molar-refractivity contribution < 1.29 is 4.74 Å². The first-order valence-corrected chi connectivity index (χ1v) is 6.97. The quantitative estimate of drug-likeness (QED) is 0.748. The third kappa shape index (κ3) is 3.01. The monoisotopic (exact) mass is 315 g/mol. The lowest BCUT2D eigenvalue weighted by Crippen LogP contribution is -2.00. The van der Waals surface area contributed by atoms with Crippen molar-refractivity contribution in [2.45, 2.75) is 0 Å². The van der Waals surface area contributed by atoms with Gasteiger partial charge in [0.05, 0.1) is 12.8 Å². The topological polar surface area (TPSA) is 64.9 Å². The number of anilines is 2. The fourth-order valence-corrected chi connectivity index (χ4v) is 2.17. The number of ether oxygens (including phenoxy) is 1. The van der Waals surface area contributed by atoms with Crippen molar-refractivity contribution in [3.63, 3.8) is 0 Å². The molecule has 2 aromatic heterocycles. The molecule has 2 heterocycles. The molecule has 22 heavy (non-hydrogen) atoms. The summed E-state index contributed by atoms with van der Waals surface area (Å²) in [6.07, 6.45) is 1.60. The molecule has 112 valence electrons. The third-order valence-electron chi connectivity index (χ3n) is 3.15. The molecule has 0 aliphatic heterocycles. The summed E-state index contributed by atoms with van der Waals surface area (Å²) in [5.41, 5.74) is 1.86. The number of methoxy groups -OCH3 is 1. The predicted octanol–water partition coefficient (Wildman–Crippen LogP) is 3.28. The maximum Gasteiger partial charge on any atom is 0.224 e. The second-order valence-corrected chi connectivity index (χ2v) is 4.94. The fourth-order valence-electron chi connectivity index (χ4n) is 2.02. The van der Waals surface area contributed by atoms with Crippen LogP contribution in [0.5, 0.6) is 5.75 Å². The van der Waals surface area contributed by atoms with Crippen molar-refractivity contribution in [1.29, 1.82) is 0 Å². The number of rotatable bonds is 4. The number of hydrogen-bond acceptors (Lipinski definition) is 5. The number of nitrogens with zero attached hydrogens (tertiary/aromatic N) is 4. The zero-order chi connectivity index (χ0) is 15.5. The summed E-state index contributed by atoms with van der Waals surface area (Å²) in [7, 11) is 3.50. The Balaban J connectivity index is 1.86. The molecule has 0 aliphatic rings. The molecule has 0 bridgehead atoms. The molecule has 0 unspecified atom stereocenters. The molecule has 1 N–H and O–H groups in total. The van der Waals surface area contributed by atoms with Gasteiger partial charge < -0.3 is 10.1 Å². The molecule has 1 aromatic carbocycles. The van der Waals surface area contributed by atoms with E-state index < -0.39 is 0 Å². The van der Waals surface area contributed by atoms with E-state index in [1.165, 1.54) is 0 Å². The van der Waals surface area contributed by atoms with Gasteiger partial charge in [-0.1, -0.05) is 0 Å². The van der Waals surface area contributed by atoms with Gasteiger partial charge in [0.1, 0.15) is 17.4 Å². The molecule has 0 fully saturated rings. The molecule has 0 saturated carbocycles. The van der Waals surface area contributed by atoms with Crippen LogP contribution in [-0.4, -0.2) is 26.9 Å². The van der Waals surface area contributed by atoms with Gasteiger partial charge in [0, 0.05) is 24.9 Å². The van der Waals surface area contributed by atoms with E-state index in [4.69, 9.17) is 16.3 Å². The van der Waals surface area contributed by atoms with Crippen molar-refractivity contribution in [3.8, 4) is 17.0 Å². The van der Waals surface area contributed by atoms with Crippen LogP contribution in [0.25, 0.3) is 11.3 Å². The van der Waals surface area contributed by atoms with Gasteiger partial charge in [0.25, 0.3) is 0 Å². The molecular weight excluding hydrogens is 302 g/mol. The Kier molecular flexibility index (Phi) is 3.93. The first-order chi connectivity index (χ1) is 10.7. The summed E-state index contributed by atoms with van der Waals surface area (Å²) in [6.45, 7) is 0. The van der Waals surface area contributed by atoms with E-state index in [2.05, 4.69) is 20.4 Å². The van der Waals surface area contributed by atoms with Crippen LogP contribution in [0.3, 0.4) is 0 Å². The summed E-state index contributed by atoms with van der Waals surface area (Å²) in [5.74, 6) is 2.23. The number of halogens is 1. The van der Waals surface area contributed by atoms with Gasteiger partial charge in [-0.3, -0.25) is 4.68 Å². The van der Waals surface area contributed by atoms with Crippen molar-refractivity contribution in [2.75, 3.05) is 12.4 Å². The summed E-state index contributed by atoms with van der Waals surface area (Å²) in [5, 5.41) is 7.85. The highest BCUT2D eigenvalue weighted by atomic mass is 35.5. The van der Waals surface area contributed by atoms with E-state index >= 15 is 0 Å². The second-order valence-electron chi connectivity index (χ2n) is 4.60. The van der Waals surface area contributed by atoms with Crippen LogP contribution < -0.4 is 10.1 Å². The van der Waals surface area contributed by atoms with Gasteiger partial charge in [0.15, 0.2) is 0 Å². The van der Waals surface area contributed by atoms with E-state index in [-0.39, 0.29) is 5.28 Å². The summed E-state index contributed by atoms with van der Waals surface area (Å²) in [6, 6.07) is 11.4. The van der Waals surface area contributed by atoms with Crippen LogP contribution in [0.15, 0.2) is 42.6 Å². The van der Waals surface area contributed by atoms with Gasteiger partial charge in [0.2, 0.25) is 5.28 Å². The van der Waals surface area contributed by atoms with Crippen LogP contribution in [-0.2, 0) is 7.05 Å². The normalized spacial score (nSPS) is 10.5. The first-order valence-electron chi connectivity index (χ1n) is 6.60. The van der Waals surface area contributed by atoms with E-state index in [1.807, 2.05) is 37.4 Å². The first kappa shape index (κ1) is 14.3. The number of benzene rings is 1. The van der Waals surface area contributed by atoms with Gasteiger partial charge in [-0.25, -0.2) is 9.97 Å². The van der Waals surface area contributed by atoms with Crippen LogP contribution in [0, 0.1) is 0 Å². The van der Waals surface area contributed by atoms with Crippen LogP contribution in [0.1, 0.15) is 0 Å². The molecule has 0 aliphatic carbocycles. The zero-order valence-electron chi connectivity index (χ0n) is 12.1. The molecule has 3 rings (SSSR count). The Bertz CT molecular complexity index is 785. The lowest BCUT2D eigenvalue weighted by Gasteiger charge is -2.04. The van der Waals surface area contributed by atoms with Crippen molar-refractivity contribution in [2.24, 2.45) is 7.05 Å². The highest BCUT2D eigenvalue weighted by Gasteiger charge is 2.08. The standard InChI is InChI=1S/C15H14ClN5O/c1-21-14(18-13-7-8-17-15(16)19-13)9-12(20-21)10-3-5-11(22-2)6-4-10/h3-9H,1-2H3,(H,17,18,19). The molecule has 3 aromatic rings. The Labute approximate surface area is 132 Å². The summed E-state index contributed by atoms with van der Waals surface area (Å²) < 4.78 is 6.91. The lowest BCUT2D eigenvalue weighted by molar-refractivity contribution is 0.415. The van der Waals surface area contributed by atoms with E-state index in [0.29, 0.717) is 5.82 Å². The van der Waals surface area contributed by atoms with Crippen LogP contribution in [0.2, 0.25) is 5.28 Å². The molecular formula is C15H14ClN5O. The minimum atomic E-state index is 0.197. The maximum atomic E-state index is 5.78. The van der Waals surface area contributed by atoms with Crippen LogP contribution in [0.4, 0.5) is 11.6 Å². The number of nitrogens with one attached hydrogen (secondary N) is 1. The third-order valence-corrected chi connectivity index (χ3v) is 3.33. The predicted molar refractivity (Wildman–Crippen MR) is 85.5 cm³/mol. The smallest absolute Gasteiger partial charge is 0.224 e. The minimum Gasteiger partial charge on any atom is -0.497 e. The Morgan fingerprint density at radius 3 is 2.64 bits per heavy atom. The molecule has 0 atom stereocenters. The Hall–Kier alpha value is -2.60. The van der Waals surface area contributed by atoms with Gasteiger partial charge in [-0.05, 0) is 41.9 Å². The average molecular weight is 316 g/mol. The van der Waals surface area contributed by atoms with Crippen molar-refractivity contribution >= 4 is 23.2 Å². The van der Waals surface area contributed by atoms with E-state index in [0.717, 1.165) is 22.8 Å². The minimum absolute atomic E-state index is 0.197. The maximum absolute atomic E-state index is 5.78. The largest absolute Gasteiger partial charge is 0.497 e. The second kappa shape index (κ2) is 6.03. The number of hydrogen-bond donors (Lipinski definition) is 1. The number of aromatic nitrogens is 4. The molecule has 0 spiro atoms. The molecule has 7 heteroatoms. The zero-order valence-corrected chi connectivity index (χ0v) is 12.9. The highest BCUT2D eigenvalue weighted by Crippen LogP contribution is 2.25. The van der Waals surface area contributed by atoms with E-state index in [9.17, 15) is 0 Å². The summed E-state index contributed by atoms with van der Waals surface area (Å²) in [4.78, 5) is 7.95. The van der Waals surface area contributed by atoms with Crippen molar-refractivity contribution in [3.05, 3.63) is 47.9 Å². The molecule has 0 saturated heterocycles. The van der Waals surface area contributed by atoms with Gasteiger partial charge in [-0.15, -0.1) is 0 Å². The fraction of sp³-hybridized carbons (Fsp3) is 0.133. The number of aryl methyl sites for hydroxylation is 1. The lowest BCUT2D eigenvalue weighted by atomic mass is 10.1. The van der Waals surface area contributed by atoms with Crippen LogP contribution >= 0.6 is 11.6 Å². The Morgan fingerprint density at radius 2 is 1.95 bits per heavy atom. The van der Waals surface area contributed by atoms with Gasteiger partial charge in [-0.2, -0.15) is 5.10 Å². The van der Waals surface area contributed by atoms with Crippen molar-refractivity contribution in [1.82, 2.24) is 19.7 Å². The SMILES string of the molecule is COc1ccc(-c2cc(Nc3ccnc(Cl)n3)n(C)n2)cc1. The van der Waals surface area contributed by atoms with Gasteiger partial charge >= 0.3 is 0 Å².